The van der Waals surface area contributed by atoms with Crippen molar-refractivity contribution in [3.8, 4) is 0 Å². The zero-order valence-corrected chi connectivity index (χ0v) is 13.3. The van der Waals surface area contributed by atoms with Crippen LogP contribution in [0, 0.1) is 6.92 Å². The van der Waals surface area contributed by atoms with Crippen LogP contribution in [0.25, 0.3) is 0 Å². The van der Waals surface area contributed by atoms with Gasteiger partial charge in [0.25, 0.3) is 0 Å². The number of nitrogens with zero attached hydrogens (tertiary/aromatic N) is 1. The molecule has 0 radical (unpaired) electrons. The molecule has 2 rings (SSSR count). The molecule has 1 amide bonds. The van der Waals surface area contributed by atoms with Gasteiger partial charge in [0, 0.05) is 12.1 Å². The van der Waals surface area contributed by atoms with Crippen LogP contribution in [-0.4, -0.2) is 36.5 Å². The maximum atomic E-state index is 12.0. The first-order chi connectivity index (χ1) is 10.0. The maximum Gasteiger partial charge on any atom is 0.234 e. The second kappa shape index (κ2) is 7.05. The van der Waals surface area contributed by atoms with Gasteiger partial charge in [0.15, 0.2) is 0 Å². The fraction of sp³-hybridized carbons (Fsp3) is 0.588. The number of rotatable bonds is 7. The minimum atomic E-state index is 0.0190. The summed E-state index contributed by atoms with van der Waals surface area (Å²) in [6.45, 7) is 4.56. The molecule has 0 bridgehead atoms. The maximum absolute atomic E-state index is 12.0. The molecule has 3 N–H and O–H groups in total. The van der Waals surface area contributed by atoms with Gasteiger partial charge in [-0.05, 0) is 38.8 Å². The van der Waals surface area contributed by atoms with Crippen molar-refractivity contribution in [3.05, 3.63) is 35.4 Å². The van der Waals surface area contributed by atoms with Gasteiger partial charge in [0.1, 0.15) is 0 Å². The summed E-state index contributed by atoms with van der Waals surface area (Å²) in [7, 11) is 1.98. The third-order valence-corrected chi connectivity index (χ3v) is 4.07. The van der Waals surface area contributed by atoms with E-state index in [4.69, 9.17) is 5.73 Å². The molecular formula is C17H27N3O. The van der Waals surface area contributed by atoms with E-state index in [1.807, 2.05) is 7.05 Å². The van der Waals surface area contributed by atoms with E-state index in [9.17, 15) is 4.79 Å². The molecule has 1 aromatic rings. The third kappa shape index (κ3) is 4.55. The smallest absolute Gasteiger partial charge is 0.234 e. The van der Waals surface area contributed by atoms with E-state index in [0.29, 0.717) is 12.6 Å². The highest BCUT2D eigenvalue weighted by molar-refractivity contribution is 5.78. The summed E-state index contributed by atoms with van der Waals surface area (Å²) in [6, 6.07) is 8.89. The van der Waals surface area contributed by atoms with Gasteiger partial charge in [-0.3, -0.25) is 9.69 Å². The SMILES string of the molecule is CCC(N)C(c1cccc(C)c1)N(C)CC(=O)NC1CC1. The molecule has 1 saturated carbocycles. The Hall–Kier alpha value is -1.39. The first-order valence-corrected chi connectivity index (χ1v) is 7.83. The molecule has 4 nitrogen and oxygen atoms in total. The summed E-state index contributed by atoms with van der Waals surface area (Å²) in [6.07, 6.45) is 3.11. The molecule has 1 fully saturated rings. The van der Waals surface area contributed by atoms with Gasteiger partial charge in [-0.2, -0.15) is 0 Å². The van der Waals surface area contributed by atoms with E-state index < -0.39 is 0 Å². The minimum Gasteiger partial charge on any atom is -0.352 e. The predicted octanol–water partition coefficient (Wildman–Crippen LogP) is 1.98. The Morgan fingerprint density at radius 2 is 2.19 bits per heavy atom. The van der Waals surface area contributed by atoms with E-state index in [1.54, 1.807) is 0 Å². The minimum absolute atomic E-state index is 0.0190. The lowest BCUT2D eigenvalue weighted by Gasteiger charge is -2.32. The van der Waals surface area contributed by atoms with Crippen LogP contribution in [0.15, 0.2) is 24.3 Å². The van der Waals surface area contributed by atoms with Gasteiger partial charge in [-0.15, -0.1) is 0 Å². The number of aryl methyl sites for hydroxylation is 1. The van der Waals surface area contributed by atoms with Crippen molar-refractivity contribution in [2.45, 2.75) is 51.2 Å². The molecule has 1 aliphatic carbocycles. The van der Waals surface area contributed by atoms with Crippen molar-refractivity contribution < 1.29 is 4.79 Å². The van der Waals surface area contributed by atoms with Gasteiger partial charge >= 0.3 is 0 Å². The topological polar surface area (TPSA) is 58.4 Å². The summed E-state index contributed by atoms with van der Waals surface area (Å²) in [4.78, 5) is 14.1. The number of carbonyl (C=O) groups excluding carboxylic acids is 1. The average molecular weight is 289 g/mol. The molecule has 1 aromatic carbocycles. The van der Waals surface area contributed by atoms with Crippen LogP contribution in [0.5, 0.6) is 0 Å². The first kappa shape index (κ1) is 16.0. The Morgan fingerprint density at radius 3 is 2.76 bits per heavy atom. The lowest BCUT2D eigenvalue weighted by atomic mass is 9.95. The number of nitrogens with two attached hydrogens (primary N) is 1. The molecule has 116 valence electrons. The Bertz CT molecular complexity index is 485. The summed E-state index contributed by atoms with van der Waals surface area (Å²) in [5.41, 5.74) is 8.72. The highest BCUT2D eigenvalue weighted by Crippen LogP contribution is 2.25. The Kier molecular flexibility index (Phi) is 5.37. The molecule has 2 unspecified atom stereocenters. The number of carbonyl (C=O) groups is 1. The molecule has 0 aliphatic heterocycles. The van der Waals surface area contributed by atoms with Crippen LogP contribution >= 0.6 is 0 Å². The lowest BCUT2D eigenvalue weighted by molar-refractivity contribution is -0.122. The number of nitrogens with one attached hydrogen (secondary N) is 1. The summed E-state index contributed by atoms with van der Waals surface area (Å²) < 4.78 is 0. The van der Waals surface area contributed by atoms with E-state index >= 15 is 0 Å². The van der Waals surface area contributed by atoms with Crippen molar-refractivity contribution in [2.24, 2.45) is 5.73 Å². The van der Waals surface area contributed by atoms with Crippen LogP contribution in [-0.2, 0) is 4.79 Å². The zero-order chi connectivity index (χ0) is 15.4. The van der Waals surface area contributed by atoms with E-state index in [1.165, 1.54) is 11.1 Å². The molecule has 1 aliphatic rings. The lowest BCUT2D eigenvalue weighted by Crippen LogP contribution is -2.44. The quantitative estimate of drug-likeness (QED) is 0.807. The second-order valence-electron chi connectivity index (χ2n) is 6.19. The van der Waals surface area contributed by atoms with Crippen molar-refractivity contribution >= 4 is 5.91 Å². The highest BCUT2D eigenvalue weighted by atomic mass is 16.2. The van der Waals surface area contributed by atoms with Gasteiger partial charge in [0.05, 0.1) is 12.6 Å². The predicted molar refractivity (Wildman–Crippen MR) is 86.0 cm³/mol. The fourth-order valence-electron chi connectivity index (χ4n) is 2.73. The molecule has 0 heterocycles. The van der Waals surface area contributed by atoms with Gasteiger partial charge in [-0.25, -0.2) is 0 Å². The number of likely N-dealkylation sites (N-methyl/N-ethyl adjacent to an activating group) is 1. The molecule has 2 atom stereocenters. The van der Waals surface area contributed by atoms with Crippen molar-refractivity contribution in [3.63, 3.8) is 0 Å². The van der Waals surface area contributed by atoms with Gasteiger partial charge in [0.2, 0.25) is 5.91 Å². The average Bonchev–Trinajstić information content (AvgIpc) is 3.22. The molecular weight excluding hydrogens is 262 g/mol. The Labute approximate surface area is 127 Å². The number of amides is 1. The van der Waals surface area contributed by atoms with E-state index in [0.717, 1.165) is 19.3 Å². The van der Waals surface area contributed by atoms with Crippen molar-refractivity contribution in [1.29, 1.82) is 0 Å². The van der Waals surface area contributed by atoms with Crippen LogP contribution in [0.1, 0.15) is 43.4 Å². The summed E-state index contributed by atoms with van der Waals surface area (Å²) >= 11 is 0. The molecule has 21 heavy (non-hydrogen) atoms. The number of hydrogen-bond acceptors (Lipinski definition) is 3. The molecule has 0 spiro atoms. The molecule has 0 aromatic heterocycles. The number of benzene rings is 1. The fourth-order valence-corrected chi connectivity index (χ4v) is 2.73. The summed E-state index contributed by atoms with van der Waals surface area (Å²) in [5, 5.41) is 3.04. The highest BCUT2D eigenvalue weighted by Gasteiger charge is 2.27. The van der Waals surface area contributed by atoms with Crippen LogP contribution < -0.4 is 11.1 Å². The van der Waals surface area contributed by atoms with E-state index in [-0.39, 0.29) is 18.0 Å². The standard InChI is InChI=1S/C17H27N3O/c1-4-15(18)17(13-7-5-6-12(2)10-13)20(3)11-16(21)19-14-8-9-14/h5-7,10,14-15,17H,4,8-9,11,18H2,1-3H3,(H,19,21). The third-order valence-electron chi connectivity index (χ3n) is 4.07. The Balaban J connectivity index is 2.08. The molecule has 4 heteroatoms. The zero-order valence-electron chi connectivity index (χ0n) is 13.3. The van der Waals surface area contributed by atoms with Crippen LogP contribution in [0.3, 0.4) is 0 Å². The summed E-state index contributed by atoms with van der Waals surface area (Å²) in [5.74, 6) is 0.0981. The Morgan fingerprint density at radius 1 is 1.48 bits per heavy atom. The van der Waals surface area contributed by atoms with Gasteiger partial charge < -0.3 is 11.1 Å². The van der Waals surface area contributed by atoms with E-state index in [2.05, 4.69) is 48.3 Å². The number of hydrogen-bond donors (Lipinski definition) is 2. The van der Waals surface area contributed by atoms with Crippen molar-refractivity contribution in [1.82, 2.24) is 10.2 Å². The largest absolute Gasteiger partial charge is 0.352 e. The van der Waals surface area contributed by atoms with Crippen LogP contribution in [0.4, 0.5) is 0 Å². The normalized spacial score (nSPS) is 17.6. The molecule has 0 saturated heterocycles. The first-order valence-electron chi connectivity index (χ1n) is 7.83. The second-order valence-corrected chi connectivity index (χ2v) is 6.19. The van der Waals surface area contributed by atoms with Crippen molar-refractivity contribution in [2.75, 3.05) is 13.6 Å². The van der Waals surface area contributed by atoms with Gasteiger partial charge in [-0.1, -0.05) is 36.8 Å². The monoisotopic (exact) mass is 289 g/mol. The van der Waals surface area contributed by atoms with Crippen LogP contribution in [0.2, 0.25) is 0 Å².